The van der Waals surface area contributed by atoms with Crippen molar-refractivity contribution in [3.05, 3.63) is 48.0 Å². The van der Waals surface area contributed by atoms with Crippen LogP contribution in [0, 0.1) is 0 Å². The molecule has 0 atom stereocenters. The molecule has 0 aliphatic rings. The molecule has 0 saturated carbocycles. The molecule has 0 aromatic heterocycles. The summed E-state index contributed by atoms with van der Waals surface area (Å²) in [6, 6.07) is 12.1. The highest BCUT2D eigenvalue weighted by Crippen LogP contribution is 2.28. The second-order valence-electron chi connectivity index (χ2n) is 5.71. The van der Waals surface area contributed by atoms with Crippen molar-refractivity contribution >= 4 is 23.2 Å². The molecule has 0 radical (unpaired) electrons. The Labute approximate surface area is 147 Å². The molecule has 0 aliphatic heterocycles. The Hall–Kier alpha value is -3.02. The van der Waals surface area contributed by atoms with Crippen LogP contribution in [0.2, 0.25) is 0 Å². The average Bonchev–Trinajstić information content (AvgIpc) is 2.55. The van der Waals surface area contributed by atoms with Crippen LogP contribution in [0.4, 0.5) is 11.4 Å². The van der Waals surface area contributed by atoms with E-state index < -0.39 is 0 Å². The number of hydrogen-bond acceptors (Lipinski definition) is 4. The van der Waals surface area contributed by atoms with Crippen LogP contribution in [-0.4, -0.2) is 25.0 Å². The summed E-state index contributed by atoms with van der Waals surface area (Å²) < 4.78 is 11.0. The molecule has 6 heteroatoms. The lowest BCUT2D eigenvalue weighted by molar-refractivity contribution is -0.114. The van der Waals surface area contributed by atoms with Gasteiger partial charge >= 0.3 is 0 Å². The van der Waals surface area contributed by atoms with Crippen LogP contribution in [0.15, 0.2) is 42.5 Å². The van der Waals surface area contributed by atoms with E-state index in [2.05, 4.69) is 10.6 Å². The van der Waals surface area contributed by atoms with Gasteiger partial charge in [0, 0.05) is 12.6 Å². The third-order valence-corrected chi connectivity index (χ3v) is 3.26. The van der Waals surface area contributed by atoms with Gasteiger partial charge in [0.1, 0.15) is 11.5 Å². The first-order valence-corrected chi connectivity index (χ1v) is 7.93. The fourth-order valence-electron chi connectivity index (χ4n) is 2.28. The number of carbonyl (C=O) groups is 2. The highest BCUT2D eigenvalue weighted by atomic mass is 16.5. The molecule has 2 rings (SSSR count). The largest absolute Gasteiger partial charge is 0.496 e. The van der Waals surface area contributed by atoms with Crippen molar-refractivity contribution in [3.63, 3.8) is 0 Å². The van der Waals surface area contributed by atoms with E-state index in [1.54, 1.807) is 30.3 Å². The van der Waals surface area contributed by atoms with E-state index in [-0.39, 0.29) is 17.9 Å². The van der Waals surface area contributed by atoms with Gasteiger partial charge in [0.2, 0.25) is 5.91 Å². The zero-order valence-corrected chi connectivity index (χ0v) is 14.8. The second-order valence-corrected chi connectivity index (χ2v) is 5.71. The molecule has 6 nitrogen and oxygen atoms in total. The van der Waals surface area contributed by atoms with Crippen LogP contribution in [0.5, 0.6) is 11.5 Å². The molecule has 0 fully saturated rings. The molecule has 0 spiro atoms. The number of nitrogens with one attached hydrogen (secondary N) is 2. The third-order valence-electron chi connectivity index (χ3n) is 3.26. The normalized spacial score (nSPS) is 10.3. The lowest BCUT2D eigenvalue weighted by atomic mass is 10.1. The van der Waals surface area contributed by atoms with Crippen molar-refractivity contribution in [2.45, 2.75) is 26.9 Å². The highest BCUT2D eigenvalue weighted by molar-refractivity contribution is 6.07. The molecule has 2 aromatic rings. The van der Waals surface area contributed by atoms with Gasteiger partial charge in [-0.25, -0.2) is 0 Å². The van der Waals surface area contributed by atoms with Gasteiger partial charge in [-0.2, -0.15) is 0 Å². The summed E-state index contributed by atoms with van der Waals surface area (Å²) in [4.78, 5) is 23.9. The lowest BCUT2D eigenvalue weighted by Crippen LogP contribution is -2.16. The van der Waals surface area contributed by atoms with E-state index in [4.69, 9.17) is 9.47 Å². The van der Waals surface area contributed by atoms with Crippen LogP contribution >= 0.6 is 0 Å². The maximum Gasteiger partial charge on any atom is 0.259 e. The number of benzene rings is 2. The van der Waals surface area contributed by atoms with Gasteiger partial charge in [0.15, 0.2) is 0 Å². The Balaban J connectivity index is 2.30. The van der Waals surface area contributed by atoms with E-state index in [1.807, 2.05) is 26.0 Å². The van der Waals surface area contributed by atoms with E-state index in [9.17, 15) is 9.59 Å². The first-order valence-electron chi connectivity index (χ1n) is 7.93. The zero-order chi connectivity index (χ0) is 18.4. The molecule has 2 aromatic carbocycles. The lowest BCUT2D eigenvalue weighted by Gasteiger charge is -2.16. The summed E-state index contributed by atoms with van der Waals surface area (Å²) in [6.45, 7) is 5.24. The van der Waals surface area contributed by atoms with Crippen molar-refractivity contribution in [2.75, 3.05) is 17.7 Å². The predicted octanol–water partition coefficient (Wildman–Crippen LogP) is 3.69. The molecule has 2 N–H and O–H groups in total. The SMILES string of the molecule is COc1ccc(NC(C)=O)cc1C(=O)Nc1ccccc1OC(C)C. The van der Waals surface area contributed by atoms with Crippen LogP contribution < -0.4 is 20.1 Å². The number of carbonyl (C=O) groups excluding carboxylic acids is 2. The molecular formula is C19H22N2O4. The minimum Gasteiger partial charge on any atom is -0.496 e. The number of ether oxygens (including phenoxy) is 2. The monoisotopic (exact) mass is 342 g/mol. The molecule has 0 bridgehead atoms. The number of methoxy groups -OCH3 is 1. The van der Waals surface area contributed by atoms with Gasteiger partial charge in [-0.3, -0.25) is 9.59 Å². The van der Waals surface area contributed by atoms with Crippen molar-refractivity contribution in [3.8, 4) is 11.5 Å². The number of rotatable bonds is 6. The molecule has 0 unspecified atom stereocenters. The third kappa shape index (κ3) is 4.97. The average molecular weight is 342 g/mol. The van der Waals surface area contributed by atoms with Crippen molar-refractivity contribution < 1.29 is 19.1 Å². The minimum absolute atomic E-state index is 0.0179. The molecule has 0 saturated heterocycles. The van der Waals surface area contributed by atoms with E-state index in [0.717, 1.165) is 0 Å². The van der Waals surface area contributed by atoms with Crippen molar-refractivity contribution in [2.24, 2.45) is 0 Å². The number of anilines is 2. The van der Waals surface area contributed by atoms with Gasteiger partial charge in [-0.15, -0.1) is 0 Å². The Morgan fingerprint density at radius 1 is 1.00 bits per heavy atom. The Bertz CT molecular complexity index is 772. The van der Waals surface area contributed by atoms with E-state index in [0.29, 0.717) is 28.4 Å². The number of amides is 2. The van der Waals surface area contributed by atoms with Crippen LogP contribution in [0.1, 0.15) is 31.1 Å². The first-order chi connectivity index (χ1) is 11.9. The van der Waals surface area contributed by atoms with Gasteiger partial charge in [-0.05, 0) is 44.2 Å². The first kappa shape index (κ1) is 18.3. The smallest absolute Gasteiger partial charge is 0.259 e. The fraction of sp³-hybridized carbons (Fsp3) is 0.263. The summed E-state index contributed by atoms with van der Waals surface area (Å²) in [5.74, 6) is 0.424. The zero-order valence-electron chi connectivity index (χ0n) is 14.8. The standard InChI is InChI=1S/C19H22N2O4/c1-12(2)25-18-8-6-5-7-16(18)21-19(23)15-11-14(20-13(3)22)9-10-17(15)24-4/h5-12H,1-4H3,(H,20,22)(H,21,23). The summed E-state index contributed by atoms with van der Waals surface area (Å²) in [5.41, 5.74) is 1.39. The van der Waals surface area contributed by atoms with Gasteiger partial charge in [0.25, 0.3) is 5.91 Å². The minimum atomic E-state index is -0.358. The Kier molecular flexibility index (Phi) is 6.00. The summed E-state index contributed by atoms with van der Waals surface area (Å²) in [5, 5.41) is 5.48. The molecule has 0 aliphatic carbocycles. The number of hydrogen-bond donors (Lipinski definition) is 2. The summed E-state index contributed by atoms with van der Waals surface area (Å²) >= 11 is 0. The molecule has 0 heterocycles. The van der Waals surface area contributed by atoms with Crippen molar-refractivity contribution in [1.82, 2.24) is 0 Å². The molecule has 2 amide bonds. The van der Waals surface area contributed by atoms with Crippen LogP contribution in [0.25, 0.3) is 0 Å². The van der Waals surface area contributed by atoms with Crippen molar-refractivity contribution in [1.29, 1.82) is 0 Å². The maximum absolute atomic E-state index is 12.7. The van der Waals surface area contributed by atoms with Gasteiger partial charge in [0.05, 0.1) is 24.5 Å². The Morgan fingerprint density at radius 2 is 1.72 bits per heavy atom. The number of para-hydroxylation sites is 2. The van der Waals surface area contributed by atoms with Crippen LogP contribution in [0.3, 0.4) is 0 Å². The van der Waals surface area contributed by atoms with E-state index in [1.165, 1.54) is 14.0 Å². The summed E-state index contributed by atoms with van der Waals surface area (Å²) in [7, 11) is 1.49. The fourth-order valence-corrected chi connectivity index (χ4v) is 2.28. The van der Waals surface area contributed by atoms with Gasteiger partial charge < -0.3 is 20.1 Å². The topological polar surface area (TPSA) is 76.7 Å². The molecule has 25 heavy (non-hydrogen) atoms. The quantitative estimate of drug-likeness (QED) is 0.839. The Morgan fingerprint density at radius 3 is 2.36 bits per heavy atom. The van der Waals surface area contributed by atoms with Gasteiger partial charge in [-0.1, -0.05) is 12.1 Å². The highest BCUT2D eigenvalue weighted by Gasteiger charge is 2.16. The van der Waals surface area contributed by atoms with Crippen LogP contribution in [-0.2, 0) is 4.79 Å². The van der Waals surface area contributed by atoms with E-state index >= 15 is 0 Å². The molecular weight excluding hydrogens is 320 g/mol. The predicted molar refractivity (Wildman–Crippen MR) is 97.5 cm³/mol. The maximum atomic E-state index is 12.7. The second kappa shape index (κ2) is 8.19. The molecule has 132 valence electrons. The summed E-state index contributed by atoms with van der Waals surface area (Å²) in [6.07, 6.45) is -0.0179.